The van der Waals surface area contributed by atoms with Gasteiger partial charge in [-0.3, -0.25) is 9.59 Å². The van der Waals surface area contributed by atoms with Crippen LogP contribution in [0.4, 0.5) is 0 Å². The first kappa shape index (κ1) is 24.0. The number of nitrogens with zero attached hydrogens (tertiary/aromatic N) is 1. The highest BCUT2D eigenvalue weighted by Crippen LogP contribution is 2.45. The largest absolute Gasteiger partial charge is 0.465 e. The van der Waals surface area contributed by atoms with Gasteiger partial charge in [0.05, 0.1) is 18.8 Å². The van der Waals surface area contributed by atoms with Crippen molar-refractivity contribution < 1.29 is 24.2 Å². The lowest BCUT2D eigenvalue weighted by atomic mass is 9.70. The Balaban J connectivity index is 1.48. The summed E-state index contributed by atoms with van der Waals surface area (Å²) in [5.41, 5.74) is 1.46. The summed E-state index contributed by atoms with van der Waals surface area (Å²) >= 11 is 0. The van der Waals surface area contributed by atoms with Crippen LogP contribution >= 0.6 is 0 Å². The maximum absolute atomic E-state index is 13.5. The maximum Gasteiger partial charge on any atom is 0.337 e. The van der Waals surface area contributed by atoms with E-state index in [9.17, 15) is 19.5 Å². The summed E-state index contributed by atoms with van der Waals surface area (Å²) in [6.45, 7) is 7.47. The first-order chi connectivity index (χ1) is 16.1. The molecule has 0 radical (unpaired) electrons. The van der Waals surface area contributed by atoms with E-state index in [1.54, 1.807) is 23.1 Å². The molecular formula is C27H32N2O5. The number of aliphatic hydroxyl groups is 1. The molecule has 2 fully saturated rings. The second-order valence-corrected chi connectivity index (χ2v) is 10.2. The third kappa shape index (κ3) is 4.44. The van der Waals surface area contributed by atoms with Gasteiger partial charge in [-0.05, 0) is 48.4 Å². The van der Waals surface area contributed by atoms with Crippen molar-refractivity contribution in [2.75, 3.05) is 20.2 Å². The van der Waals surface area contributed by atoms with Gasteiger partial charge in [0, 0.05) is 25.1 Å². The van der Waals surface area contributed by atoms with Crippen LogP contribution in [0.3, 0.4) is 0 Å². The zero-order valence-electron chi connectivity index (χ0n) is 20.1. The van der Waals surface area contributed by atoms with Crippen molar-refractivity contribution in [3.8, 4) is 0 Å². The van der Waals surface area contributed by atoms with Crippen molar-refractivity contribution in [3.05, 3.63) is 70.8 Å². The van der Waals surface area contributed by atoms with Gasteiger partial charge in [0.15, 0.2) is 0 Å². The number of carbonyl (C=O) groups is 3. The number of piperidine rings is 1. The van der Waals surface area contributed by atoms with E-state index >= 15 is 0 Å². The van der Waals surface area contributed by atoms with Crippen molar-refractivity contribution in [2.45, 2.75) is 51.2 Å². The van der Waals surface area contributed by atoms with Crippen LogP contribution in [0.25, 0.3) is 0 Å². The Morgan fingerprint density at radius 3 is 2.32 bits per heavy atom. The average Bonchev–Trinajstić information content (AvgIpc) is 3.47. The number of carbonyl (C=O) groups excluding carboxylic acids is 3. The van der Waals surface area contributed by atoms with Gasteiger partial charge >= 0.3 is 5.97 Å². The number of esters is 1. The molecule has 1 aliphatic heterocycles. The standard InChI is InChI=1S/C27H32N2O5/c1-17-8-10-18(11-9-17)21-12-13-29(16-26(21,2)3)25(33)27(15-22(27)30)28-23(31)19-6-5-7-20(14-19)24(32)34-4/h5-11,14,21-22,30H,12-13,15-16H2,1-4H3,(H,28,31). The molecular weight excluding hydrogens is 432 g/mol. The van der Waals surface area contributed by atoms with Crippen molar-refractivity contribution in [2.24, 2.45) is 5.41 Å². The van der Waals surface area contributed by atoms with E-state index in [0.717, 1.165) is 6.42 Å². The van der Waals surface area contributed by atoms with E-state index in [2.05, 4.69) is 50.4 Å². The number of hydrogen-bond donors (Lipinski definition) is 2. The quantitative estimate of drug-likeness (QED) is 0.663. The smallest absolute Gasteiger partial charge is 0.337 e. The molecule has 2 amide bonds. The van der Waals surface area contributed by atoms with E-state index in [1.807, 2.05) is 0 Å². The fraction of sp³-hybridized carbons (Fsp3) is 0.444. The van der Waals surface area contributed by atoms with Crippen molar-refractivity contribution in [1.82, 2.24) is 10.2 Å². The molecule has 0 bridgehead atoms. The second kappa shape index (κ2) is 8.87. The molecule has 3 unspecified atom stereocenters. The Morgan fingerprint density at radius 2 is 1.74 bits per heavy atom. The molecule has 3 atom stereocenters. The first-order valence-electron chi connectivity index (χ1n) is 11.6. The monoisotopic (exact) mass is 464 g/mol. The topological polar surface area (TPSA) is 95.9 Å². The Labute approximate surface area is 200 Å². The number of nitrogens with one attached hydrogen (secondary N) is 1. The molecule has 0 spiro atoms. The van der Waals surface area contributed by atoms with Crippen LogP contribution in [-0.2, 0) is 9.53 Å². The van der Waals surface area contributed by atoms with Gasteiger partial charge in [0.2, 0.25) is 0 Å². The minimum atomic E-state index is -1.33. The number of ether oxygens (including phenoxy) is 1. The molecule has 7 nitrogen and oxygen atoms in total. The minimum Gasteiger partial charge on any atom is -0.465 e. The van der Waals surface area contributed by atoms with Gasteiger partial charge in [-0.15, -0.1) is 0 Å². The van der Waals surface area contributed by atoms with E-state index in [1.165, 1.54) is 24.3 Å². The van der Waals surface area contributed by atoms with Crippen molar-refractivity contribution >= 4 is 17.8 Å². The summed E-state index contributed by atoms with van der Waals surface area (Å²) in [6, 6.07) is 14.7. The Morgan fingerprint density at radius 1 is 1.09 bits per heavy atom. The fourth-order valence-corrected chi connectivity index (χ4v) is 5.07. The molecule has 7 heteroatoms. The van der Waals surface area contributed by atoms with Gasteiger partial charge in [0.1, 0.15) is 5.54 Å². The van der Waals surface area contributed by atoms with Crippen LogP contribution < -0.4 is 5.32 Å². The lowest BCUT2D eigenvalue weighted by molar-refractivity contribution is -0.138. The molecule has 2 aliphatic rings. The first-order valence-corrected chi connectivity index (χ1v) is 11.6. The molecule has 2 N–H and O–H groups in total. The molecule has 1 saturated heterocycles. The van der Waals surface area contributed by atoms with Crippen LogP contribution in [-0.4, -0.2) is 59.6 Å². The highest BCUT2D eigenvalue weighted by atomic mass is 16.5. The summed E-state index contributed by atoms with van der Waals surface area (Å²) in [6.07, 6.45) is 0.0426. The number of hydrogen-bond acceptors (Lipinski definition) is 5. The average molecular weight is 465 g/mol. The van der Waals surface area contributed by atoms with Crippen LogP contribution in [0, 0.1) is 12.3 Å². The lowest BCUT2D eigenvalue weighted by Gasteiger charge is -2.45. The molecule has 1 heterocycles. The van der Waals surface area contributed by atoms with E-state index in [-0.39, 0.29) is 28.9 Å². The second-order valence-electron chi connectivity index (χ2n) is 10.2. The zero-order chi connectivity index (χ0) is 24.7. The highest BCUT2D eigenvalue weighted by molar-refractivity contribution is 6.02. The molecule has 180 valence electrons. The Hall–Kier alpha value is -3.19. The summed E-state index contributed by atoms with van der Waals surface area (Å²) in [5, 5.41) is 13.2. The van der Waals surface area contributed by atoms with E-state index in [4.69, 9.17) is 4.74 Å². The van der Waals surface area contributed by atoms with Gasteiger partial charge < -0.3 is 20.1 Å². The normalized spacial score (nSPS) is 25.4. The minimum absolute atomic E-state index is 0.164. The third-order valence-electron chi connectivity index (χ3n) is 7.18. The Kier molecular flexibility index (Phi) is 6.25. The molecule has 1 saturated carbocycles. The van der Waals surface area contributed by atoms with Crippen LogP contribution in [0.5, 0.6) is 0 Å². The molecule has 0 aromatic heterocycles. The number of aliphatic hydroxyl groups excluding tert-OH is 1. The van der Waals surface area contributed by atoms with E-state index < -0.39 is 23.5 Å². The number of benzene rings is 2. The number of methoxy groups -OCH3 is 1. The fourth-order valence-electron chi connectivity index (χ4n) is 5.07. The number of rotatable bonds is 5. The summed E-state index contributed by atoms with van der Waals surface area (Å²) < 4.78 is 4.71. The third-order valence-corrected chi connectivity index (χ3v) is 7.18. The number of aryl methyl sites for hydroxylation is 1. The summed E-state index contributed by atoms with van der Waals surface area (Å²) in [4.78, 5) is 40.1. The van der Waals surface area contributed by atoms with Gasteiger partial charge in [0.25, 0.3) is 11.8 Å². The van der Waals surface area contributed by atoms with Crippen molar-refractivity contribution in [3.63, 3.8) is 0 Å². The number of likely N-dealkylation sites (tertiary alicyclic amines) is 1. The zero-order valence-corrected chi connectivity index (χ0v) is 20.1. The number of amides is 2. The molecule has 2 aromatic rings. The SMILES string of the molecule is COC(=O)c1cccc(C(=O)NC2(C(=O)N3CCC(c4ccc(C)cc4)C(C)(C)C3)CC2O)c1. The van der Waals surface area contributed by atoms with Crippen LogP contribution in [0.2, 0.25) is 0 Å². The predicted octanol–water partition coefficient (Wildman–Crippen LogP) is 3.06. The summed E-state index contributed by atoms with van der Waals surface area (Å²) in [5.74, 6) is -1.00. The van der Waals surface area contributed by atoms with Crippen molar-refractivity contribution in [1.29, 1.82) is 0 Å². The predicted molar refractivity (Wildman–Crippen MR) is 128 cm³/mol. The maximum atomic E-state index is 13.5. The summed E-state index contributed by atoms with van der Waals surface area (Å²) in [7, 11) is 1.27. The highest BCUT2D eigenvalue weighted by Gasteiger charge is 2.63. The van der Waals surface area contributed by atoms with Gasteiger partial charge in [-0.25, -0.2) is 4.79 Å². The molecule has 34 heavy (non-hydrogen) atoms. The van der Waals surface area contributed by atoms with Gasteiger partial charge in [-0.2, -0.15) is 0 Å². The Bertz CT molecular complexity index is 1110. The van der Waals surface area contributed by atoms with Crippen LogP contribution in [0.1, 0.15) is 64.4 Å². The van der Waals surface area contributed by atoms with E-state index in [0.29, 0.717) is 19.0 Å². The molecule has 4 rings (SSSR count). The van der Waals surface area contributed by atoms with Gasteiger partial charge in [-0.1, -0.05) is 49.7 Å². The van der Waals surface area contributed by atoms with Crippen LogP contribution in [0.15, 0.2) is 48.5 Å². The molecule has 2 aromatic carbocycles. The molecule has 1 aliphatic carbocycles. The lowest BCUT2D eigenvalue weighted by Crippen LogP contribution is -2.57.